The minimum absolute atomic E-state index is 0.0595. The molecule has 0 spiro atoms. The molecular weight excluding hydrogens is 228 g/mol. The normalized spacial score (nSPS) is 17.4. The summed E-state index contributed by atoms with van der Waals surface area (Å²) in [6, 6.07) is 0. The number of guanidine groups is 1. The van der Waals surface area contributed by atoms with E-state index in [4.69, 9.17) is 5.73 Å². The molecule has 1 heterocycles. The monoisotopic (exact) mass is 254 g/mol. The predicted octanol–water partition coefficient (Wildman–Crippen LogP) is 1.09. The molecule has 0 radical (unpaired) electrons. The summed E-state index contributed by atoms with van der Waals surface area (Å²) in [4.78, 5) is 17.8. The SMILES string of the molecule is CCCNC(=O)CCN=C(N)N1CCCCCC1. The first-order valence-corrected chi connectivity index (χ1v) is 7.05. The summed E-state index contributed by atoms with van der Waals surface area (Å²) < 4.78 is 0. The Kier molecular flexibility index (Phi) is 7.22. The van der Waals surface area contributed by atoms with Crippen molar-refractivity contribution in [1.29, 1.82) is 0 Å². The highest BCUT2D eigenvalue weighted by atomic mass is 16.1. The second-order valence-corrected chi connectivity index (χ2v) is 4.74. The smallest absolute Gasteiger partial charge is 0.221 e. The zero-order valence-corrected chi connectivity index (χ0v) is 11.5. The molecule has 3 N–H and O–H groups in total. The third kappa shape index (κ3) is 5.89. The molecule has 0 aromatic rings. The van der Waals surface area contributed by atoms with Crippen molar-refractivity contribution >= 4 is 11.9 Å². The quantitative estimate of drug-likeness (QED) is 0.570. The molecule has 5 heteroatoms. The number of nitrogens with two attached hydrogens (primary N) is 1. The van der Waals surface area contributed by atoms with E-state index >= 15 is 0 Å². The van der Waals surface area contributed by atoms with Gasteiger partial charge in [-0.05, 0) is 19.3 Å². The summed E-state index contributed by atoms with van der Waals surface area (Å²) in [7, 11) is 0. The summed E-state index contributed by atoms with van der Waals surface area (Å²) in [5.41, 5.74) is 5.95. The second kappa shape index (κ2) is 8.78. The number of nitrogens with zero attached hydrogens (tertiary/aromatic N) is 2. The number of carbonyl (C=O) groups is 1. The van der Waals surface area contributed by atoms with Gasteiger partial charge in [0.1, 0.15) is 0 Å². The minimum atomic E-state index is 0.0595. The molecule has 104 valence electrons. The molecule has 0 unspecified atom stereocenters. The average molecular weight is 254 g/mol. The van der Waals surface area contributed by atoms with Gasteiger partial charge in [0.2, 0.25) is 5.91 Å². The standard InChI is InChI=1S/C13H26N4O/c1-2-8-15-12(18)7-9-16-13(14)17-10-5-3-4-6-11-17/h2-11H2,1H3,(H2,14,16)(H,15,18). The van der Waals surface area contributed by atoms with Crippen molar-refractivity contribution in [2.24, 2.45) is 10.7 Å². The Morgan fingerprint density at radius 3 is 2.56 bits per heavy atom. The summed E-state index contributed by atoms with van der Waals surface area (Å²) in [6.45, 7) is 5.26. The minimum Gasteiger partial charge on any atom is -0.370 e. The molecule has 0 atom stereocenters. The van der Waals surface area contributed by atoms with E-state index in [1.54, 1.807) is 0 Å². The van der Waals surface area contributed by atoms with Crippen LogP contribution in [-0.2, 0) is 4.79 Å². The number of carbonyl (C=O) groups excluding carboxylic acids is 1. The van der Waals surface area contributed by atoms with Gasteiger partial charge < -0.3 is 16.0 Å². The highest BCUT2D eigenvalue weighted by Crippen LogP contribution is 2.08. The molecule has 0 saturated carbocycles. The fourth-order valence-corrected chi connectivity index (χ4v) is 2.02. The van der Waals surface area contributed by atoms with Gasteiger partial charge in [-0.3, -0.25) is 9.79 Å². The molecule has 1 aliphatic heterocycles. The lowest BCUT2D eigenvalue weighted by Gasteiger charge is -2.20. The number of amides is 1. The number of hydrogen-bond acceptors (Lipinski definition) is 2. The van der Waals surface area contributed by atoms with Crippen LogP contribution in [0.15, 0.2) is 4.99 Å². The third-order valence-electron chi connectivity index (χ3n) is 3.11. The molecule has 1 saturated heterocycles. The van der Waals surface area contributed by atoms with E-state index in [0.717, 1.165) is 26.1 Å². The number of nitrogens with one attached hydrogen (secondary N) is 1. The number of hydrogen-bond donors (Lipinski definition) is 2. The van der Waals surface area contributed by atoms with Crippen LogP contribution in [0.3, 0.4) is 0 Å². The predicted molar refractivity (Wildman–Crippen MR) is 74.4 cm³/mol. The Morgan fingerprint density at radius 2 is 1.94 bits per heavy atom. The van der Waals surface area contributed by atoms with E-state index in [2.05, 4.69) is 15.2 Å². The molecule has 0 aromatic heterocycles. The van der Waals surface area contributed by atoms with Crippen LogP contribution in [0.25, 0.3) is 0 Å². The lowest BCUT2D eigenvalue weighted by atomic mass is 10.2. The highest BCUT2D eigenvalue weighted by Gasteiger charge is 2.10. The van der Waals surface area contributed by atoms with E-state index in [0.29, 0.717) is 18.9 Å². The van der Waals surface area contributed by atoms with Crippen LogP contribution in [0.2, 0.25) is 0 Å². The van der Waals surface area contributed by atoms with Crippen molar-refractivity contribution in [3.63, 3.8) is 0 Å². The van der Waals surface area contributed by atoms with Crippen molar-refractivity contribution in [1.82, 2.24) is 10.2 Å². The van der Waals surface area contributed by atoms with Crippen molar-refractivity contribution in [3.05, 3.63) is 0 Å². The van der Waals surface area contributed by atoms with Gasteiger partial charge in [-0.1, -0.05) is 19.8 Å². The molecule has 1 rings (SSSR count). The highest BCUT2D eigenvalue weighted by molar-refractivity contribution is 5.79. The van der Waals surface area contributed by atoms with Crippen molar-refractivity contribution in [2.45, 2.75) is 45.4 Å². The molecule has 0 aliphatic carbocycles. The zero-order valence-electron chi connectivity index (χ0n) is 11.5. The van der Waals surface area contributed by atoms with Gasteiger partial charge in [-0.15, -0.1) is 0 Å². The van der Waals surface area contributed by atoms with Crippen LogP contribution in [0.5, 0.6) is 0 Å². The first-order valence-electron chi connectivity index (χ1n) is 7.05. The molecular formula is C13H26N4O. The summed E-state index contributed by atoms with van der Waals surface area (Å²) >= 11 is 0. The topological polar surface area (TPSA) is 70.7 Å². The number of aliphatic imine (C=N–C) groups is 1. The van der Waals surface area contributed by atoms with Crippen LogP contribution >= 0.6 is 0 Å². The Morgan fingerprint density at radius 1 is 1.28 bits per heavy atom. The van der Waals surface area contributed by atoms with Gasteiger partial charge in [0.15, 0.2) is 5.96 Å². The van der Waals surface area contributed by atoms with E-state index in [9.17, 15) is 4.79 Å². The van der Waals surface area contributed by atoms with E-state index in [1.165, 1.54) is 25.7 Å². The Hall–Kier alpha value is -1.26. The van der Waals surface area contributed by atoms with Crippen molar-refractivity contribution in [3.8, 4) is 0 Å². The fraction of sp³-hybridized carbons (Fsp3) is 0.846. The number of likely N-dealkylation sites (tertiary alicyclic amines) is 1. The second-order valence-electron chi connectivity index (χ2n) is 4.74. The van der Waals surface area contributed by atoms with Gasteiger partial charge >= 0.3 is 0 Å². The summed E-state index contributed by atoms with van der Waals surface area (Å²) in [5, 5.41) is 2.83. The maximum atomic E-state index is 11.4. The molecule has 1 aliphatic rings. The molecule has 1 fully saturated rings. The summed E-state index contributed by atoms with van der Waals surface area (Å²) in [5.74, 6) is 0.657. The van der Waals surface area contributed by atoms with Gasteiger partial charge in [0.25, 0.3) is 0 Å². The van der Waals surface area contributed by atoms with Crippen LogP contribution in [0, 0.1) is 0 Å². The third-order valence-corrected chi connectivity index (χ3v) is 3.11. The van der Waals surface area contributed by atoms with Gasteiger partial charge in [0, 0.05) is 26.1 Å². The first-order chi connectivity index (χ1) is 8.74. The Labute approximate surface area is 110 Å². The Bertz CT molecular complexity index is 270. The maximum absolute atomic E-state index is 11.4. The van der Waals surface area contributed by atoms with E-state index < -0.39 is 0 Å². The van der Waals surface area contributed by atoms with Crippen molar-refractivity contribution in [2.75, 3.05) is 26.2 Å². The average Bonchev–Trinajstić information content (AvgIpc) is 2.65. The fourth-order valence-electron chi connectivity index (χ4n) is 2.02. The van der Waals surface area contributed by atoms with Crippen LogP contribution < -0.4 is 11.1 Å². The Balaban J connectivity index is 2.25. The van der Waals surface area contributed by atoms with Crippen LogP contribution in [0.1, 0.15) is 45.4 Å². The summed E-state index contributed by atoms with van der Waals surface area (Å²) in [6.07, 6.45) is 6.33. The molecule has 5 nitrogen and oxygen atoms in total. The lowest BCUT2D eigenvalue weighted by Crippen LogP contribution is -2.38. The molecule has 1 amide bonds. The maximum Gasteiger partial charge on any atom is 0.221 e. The van der Waals surface area contributed by atoms with E-state index in [-0.39, 0.29) is 5.91 Å². The van der Waals surface area contributed by atoms with Crippen LogP contribution in [0.4, 0.5) is 0 Å². The van der Waals surface area contributed by atoms with Gasteiger partial charge in [-0.2, -0.15) is 0 Å². The lowest BCUT2D eigenvalue weighted by molar-refractivity contribution is -0.120. The van der Waals surface area contributed by atoms with Gasteiger partial charge in [-0.25, -0.2) is 0 Å². The molecule has 0 aromatic carbocycles. The van der Waals surface area contributed by atoms with Crippen LogP contribution in [-0.4, -0.2) is 42.9 Å². The molecule has 0 bridgehead atoms. The molecule has 18 heavy (non-hydrogen) atoms. The number of rotatable bonds is 5. The van der Waals surface area contributed by atoms with Gasteiger partial charge in [0.05, 0.1) is 6.54 Å². The first kappa shape index (κ1) is 14.8. The van der Waals surface area contributed by atoms with Crippen molar-refractivity contribution < 1.29 is 4.79 Å². The zero-order chi connectivity index (χ0) is 13.2. The van der Waals surface area contributed by atoms with E-state index in [1.807, 2.05) is 6.92 Å². The largest absolute Gasteiger partial charge is 0.370 e.